The highest BCUT2D eigenvalue weighted by atomic mass is 35.5. The maximum Gasteiger partial charge on any atom is 0.124 e. The van der Waals surface area contributed by atoms with Crippen LogP contribution in [-0.4, -0.2) is 26.8 Å². The van der Waals surface area contributed by atoms with E-state index in [-0.39, 0.29) is 0 Å². The first kappa shape index (κ1) is 12.7. The molecule has 0 aliphatic carbocycles. The second kappa shape index (κ2) is 6.24. The molecule has 4 heteroatoms. The van der Waals surface area contributed by atoms with Gasteiger partial charge in [-0.25, -0.2) is 0 Å². The molecule has 0 bridgehead atoms. The monoisotopic (exact) mass is 255 g/mol. The Morgan fingerprint density at radius 1 is 1.47 bits per heavy atom. The van der Waals surface area contributed by atoms with Crippen molar-refractivity contribution in [2.45, 2.75) is 13.0 Å². The molecule has 0 amide bonds. The van der Waals surface area contributed by atoms with Gasteiger partial charge in [-0.3, -0.25) is 0 Å². The number of hydrogen-bond acceptors (Lipinski definition) is 3. The van der Waals surface area contributed by atoms with Crippen molar-refractivity contribution >= 4 is 11.6 Å². The highest BCUT2D eigenvalue weighted by Crippen LogP contribution is 2.23. The topological polar surface area (TPSA) is 30.5 Å². The van der Waals surface area contributed by atoms with Crippen molar-refractivity contribution in [1.29, 1.82) is 0 Å². The van der Waals surface area contributed by atoms with Gasteiger partial charge in [0.05, 0.1) is 20.3 Å². The zero-order valence-corrected chi connectivity index (χ0v) is 10.8. The predicted octanol–water partition coefficient (Wildman–Crippen LogP) is 2.47. The summed E-state index contributed by atoms with van der Waals surface area (Å²) in [6.07, 6.45) is 1.20. The van der Waals surface area contributed by atoms with E-state index < -0.39 is 0 Å². The Kier molecular flexibility index (Phi) is 4.66. The van der Waals surface area contributed by atoms with E-state index in [4.69, 9.17) is 21.1 Å². The van der Waals surface area contributed by atoms with Crippen LogP contribution in [0.15, 0.2) is 18.2 Å². The summed E-state index contributed by atoms with van der Waals surface area (Å²) in [6.45, 7) is 3.52. The molecule has 1 aliphatic heterocycles. The zero-order valence-electron chi connectivity index (χ0n) is 10.0. The molecule has 17 heavy (non-hydrogen) atoms. The van der Waals surface area contributed by atoms with Gasteiger partial charge in [0.15, 0.2) is 0 Å². The third-order valence-electron chi connectivity index (χ3n) is 3.02. The molecule has 94 valence electrons. The molecule has 0 radical (unpaired) electrons. The number of benzene rings is 1. The van der Waals surface area contributed by atoms with Crippen LogP contribution in [-0.2, 0) is 11.3 Å². The van der Waals surface area contributed by atoms with Gasteiger partial charge in [0.2, 0.25) is 0 Å². The molecule has 1 atom stereocenters. The fraction of sp³-hybridized carbons (Fsp3) is 0.538. The van der Waals surface area contributed by atoms with E-state index in [1.165, 1.54) is 6.42 Å². The van der Waals surface area contributed by atoms with Crippen molar-refractivity contribution in [3.8, 4) is 5.75 Å². The summed E-state index contributed by atoms with van der Waals surface area (Å²) in [7, 11) is 1.66. The molecule has 1 aromatic rings. The Balaban J connectivity index is 1.86. The van der Waals surface area contributed by atoms with Gasteiger partial charge in [-0.15, -0.1) is 0 Å². The molecule has 1 aromatic carbocycles. The number of nitrogens with one attached hydrogen (secondary N) is 1. The van der Waals surface area contributed by atoms with Crippen LogP contribution < -0.4 is 10.1 Å². The van der Waals surface area contributed by atoms with Crippen LogP contribution >= 0.6 is 11.6 Å². The van der Waals surface area contributed by atoms with Crippen LogP contribution in [0.1, 0.15) is 12.0 Å². The van der Waals surface area contributed by atoms with Crippen LogP contribution in [0.4, 0.5) is 0 Å². The molecular formula is C13H18ClNO2. The predicted molar refractivity (Wildman–Crippen MR) is 68.6 cm³/mol. The number of rotatable bonds is 5. The maximum atomic E-state index is 5.96. The van der Waals surface area contributed by atoms with E-state index in [2.05, 4.69) is 5.32 Å². The first-order valence-corrected chi connectivity index (χ1v) is 6.28. The molecule has 1 unspecified atom stereocenters. The number of methoxy groups -OCH3 is 1. The van der Waals surface area contributed by atoms with E-state index in [9.17, 15) is 0 Å². The number of ether oxygens (including phenoxy) is 2. The summed E-state index contributed by atoms with van der Waals surface area (Å²) < 4.78 is 11.0. The summed E-state index contributed by atoms with van der Waals surface area (Å²) in [5, 5.41) is 4.04. The quantitative estimate of drug-likeness (QED) is 0.877. The molecule has 2 rings (SSSR count). The second-order valence-corrected chi connectivity index (χ2v) is 4.77. The number of hydrogen-bond donors (Lipinski definition) is 1. The summed E-state index contributed by atoms with van der Waals surface area (Å²) in [5.74, 6) is 1.47. The van der Waals surface area contributed by atoms with Crippen LogP contribution in [0.25, 0.3) is 0 Å². The molecule has 1 N–H and O–H groups in total. The first-order chi connectivity index (χ1) is 8.29. The zero-order chi connectivity index (χ0) is 12.1. The molecule has 0 aromatic heterocycles. The van der Waals surface area contributed by atoms with Crippen LogP contribution in [0.2, 0.25) is 5.02 Å². The molecule has 1 heterocycles. The fourth-order valence-electron chi connectivity index (χ4n) is 2.05. The summed E-state index contributed by atoms with van der Waals surface area (Å²) in [4.78, 5) is 0. The van der Waals surface area contributed by atoms with Crippen molar-refractivity contribution in [2.24, 2.45) is 5.92 Å². The Hall–Kier alpha value is -0.770. The lowest BCUT2D eigenvalue weighted by Crippen LogP contribution is -2.13. The van der Waals surface area contributed by atoms with Gasteiger partial charge >= 0.3 is 0 Å². The van der Waals surface area contributed by atoms with Gasteiger partial charge < -0.3 is 14.8 Å². The van der Waals surface area contributed by atoms with E-state index in [1.807, 2.05) is 18.2 Å². The molecule has 0 saturated carbocycles. The van der Waals surface area contributed by atoms with Crippen molar-refractivity contribution in [3.63, 3.8) is 0 Å². The average Bonchev–Trinajstić information content (AvgIpc) is 2.82. The normalized spacial score (nSPS) is 19.5. The van der Waals surface area contributed by atoms with Gasteiger partial charge in [0, 0.05) is 17.1 Å². The summed E-state index contributed by atoms with van der Waals surface area (Å²) >= 11 is 5.96. The molecule has 1 fully saturated rings. The first-order valence-electron chi connectivity index (χ1n) is 5.90. The van der Waals surface area contributed by atoms with Crippen LogP contribution in [0.3, 0.4) is 0 Å². The van der Waals surface area contributed by atoms with E-state index in [0.29, 0.717) is 17.5 Å². The van der Waals surface area contributed by atoms with E-state index >= 15 is 0 Å². The maximum absolute atomic E-state index is 5.96. The SMILES string of the molecule is COc1ccc(Cl)cc1COCC1CCNC1. The van der Waals surface area contributed by atoms with E-state index in [0.717, 1.165) is 31.0 Å². The summed E-state index contributed by atoms with van der Waals surface area (Å²) in [5.41, 5.74) is 1.01. The highest BCUT2D eigenvalue weighted by Gasteiger charge is 2.14. The molecule has 1 aliphatic rings. The lowest BCUT2D eigenvalue weighted by Gasteiger charge is -2.12. The Bertz CT molecular complexity index is 364. The molecular weight excluding hydrogens is 238 g/mol. The summed E-state index contributed by atoms with van der Waals surface area (Å²) in [6, 6.07) is 5.59. The third-order valence-corrected chi connectivity index (χ3v) is 3.25. The van der Waals surface area contributed by atoms with Crippen molar-refractivity contribution in [2.75, 3.05) is 26.8 Å². The third kappa shape index (κ3) is 3.60. The Morgan fingerprint density at radius 3 is 3.06 bits per heavy atom. The fourth-order valence-corrected chi connectivity index (χ4v) is 2.25. The van der Waals surface area contributed by atoms with Crippen molar-refractivity contribution < 1.29 is 9.47 Å². The second-order valence-electron chi connectivity index (χ2n) is 4.33. The molecule has 3 nitrogen and oxygen atoms in total. The largest absolute Gasteiger partial charge is 0.496 e. The Morgan fingerprint density at radius 2 is 2.35 bits per heavy atom. The Labute approximate surface area is 107 Å². The van der Waals surface area contributed by atoms with Crippen LogP contribution in [0.5, 0.6) is 5.75 Å². The van der Waals surface area contributed by atoms with Gasteiger partial charge in [0.25, 0.3) is 0 Å². The van der Waals surface area contributed by atoms with Crippen molar-refractivity contribution in [3.05, 3.63) is 28.8 Å². The molecule has 0 spiro atoms. The minimum Gasteiger partial charge on any atom is -0.496 e. The van der Waals surface area contributed by atoms with E-state index in [1.54, 1.807) is 7.11 Å². The molecule has 1 saturated heterocycles. The van der Waals surface area contributed by atoms with Gasteiger partial charge in [0.1, 0.15) is 5.75 Å². The smallest absolute Gasteiger partial charge is 0.124 e. The highest BCUT2D eigenvalue weighted by molar-refractivity contribution is 6.30. The lowest BCUT2D eigenvalue weighted by atomic mass is 10.1. The lowest BCUT2D eigenvalue weighted by molar-refractivity contribution is 0.0910. The minimum atomic E-state index is 0.556. The van der Waals surface area contributed by atoms with Gasteiger partial charge in [-0.2, -0.15) is 0 Å². The average molecular weight is 256 g/mol. The van der Waals surface area contributed by atoms with Gasteiger partial charge in [-0.05, 0) is 37.1 Å². The van der Waals surface area contributed by atoms with Gasteiger partial charge in [-0.1, -0.05) is 11.6 Å². The van der Waals surface area contributed by atoms with Crippen molar-refractivity contribution in [1.82, 2.24) is 5.32 Å². The number of halogens is 1. The standard InChI is InChI=1S/C13H18ClNO2/c1-16-13-3-2-12(14)6-11(13)9-17-8-10-4-5-15-7-10/h2-3,6,10,15H,4-5,7-9H2,1H3. The van der Waals surface area contributed by atoms with Crippen LogP contribution in [0, 0.1) is 5.92 Å². The minimum absolute atomic E-state index is 0.556.